The van der Waals surface area contributed by atoms with Gasteiger partial charge in [-0.2, -0.15) is 4.31 Å². The molecule has 4 nitrogen and oxygen atoms in total. The third-order valence-corrected chi connectivity index (χ3v) is 6.49. The third-order valence-electron chi connectivity index (χ3n) is 3.13. The van der Waals surface area contributed by atoms with Crippen molar-refractivity contribution in [1.82, 2.24) is 4.31 Å². The summed E-state index contributed by atoms with van der Waals surface area (Å²) >= 11 is 1.05. The highest BCUT2D eigenvalue weighted by molar-refractivity contribution is 7.91. The molecule has 1 aromatic heterocycles. The van der Waals surface area contributed by atoms with E-state index in [4.69, 9.17) is 5.73 Å². The number of benzene rings is 1. The number of hydrogen-bond acceptors (Lipinski definition) is 4. The van der Waals surface area contributed by atoms with Gasteiger partial charge >= 0.3 is 0 Å². The molecule has 0 fully saturated rings. The van der Waals surface area contributed by atoms with Gasteiger partial charge in [0.15, 0.2) is 0 Å². The van der Waals surface area contributed by atoms with Gasteiger partial charge in [-0.15, -0.1) is 11.3 Å². The van der Waals surface area contributed by atoms with Gasteiger partial charge in [0.2, 0.25) is 0 Å². The summed E-state index contributed by atoms with van der Waals surface area (Å²) in [5, 5.41) is 1.56. The first-order chi connectivity index (χ1) is 9.34. The minimum atomic E-state index is -3.68. The van der Waals surface area contributed by atoms with Crippen LogP contribution >= 0.6 is 11.3 Å². The van der Waals surface area contributed by atoms with E-state index >= 15 is 0 Å². The van der Waals surface area contributed by atoms with E-state index in [1.165, 1.54) is 19.2 Å². The summed E-state index contributed by atoms with van der Waals surface area (Å²) in [5.74, 6) is -0.423. The normalized spacial score (nSPS) is 13.6. The minimum Gasteiger partial charge on any atom is -0.398 e. The Bertz CT molecular complexity index is 713. The lowest BCUT2D eigenvalue weighted by Gasteiger charge is -2.24. The molecule has 2 rings (SSSR count). The Morgan fingerprint density at radius 2 is 2.00 bits per heavy atom. The fourth-order valence-corrected chi connectivity index (χ4v) is 4.43. The summed E-state index contributed by atoms with van der Waals surface area (Å²) in [4.78, 5) is 0. The van der Waals surface area contributed by atoms with Crippen molar-refractivity contribution >= 4 is 27.0 Å². The molecule has 1 atom stereocenters. The molecule has 0 saturated heterocycles. The lowest BCUT2D eigenvalue weighted by molar-refractivity contribution is 0.388. The minimum absolute atomic E-state index is 0.153. The molecule has 1 aromatic carbocycles. The monoisotopic (exact) mass is 314 g/mol. The first-order valence-corrected chi connectivity index (χ1v) is 8.22. The molecule has 0 aliphatic heterocycles. The molecule has 0 radical (unpaired) electrons. The van der Waals surface area contributed by atoms with Gasteiger partial charge in [0, 0.05) is 29.7 Å². The van der Waals surface area contributed by atoms with Crippen LogP contribution in [0.25, 0.3) is 0 Å². The molecule has 0 aliphatic carbocycles. The Labute approximate surface area is 121 Å². The second kappa shape index (κ2) is 5.51. The first kappa shape index (κ1) is 15.0. The SMILES string of the molecule is CC(c1ccccc1F)N(C)S(=O)(=O)c1cc(N)cs1. The van der Waals surface area contributed by atoms with E-state index in [0.717, 1.165) is 15.6 Å². The summed E-state index contributed by atoms with van der Waals surface area (Å²) in [5.41, 5.74) is 6.29. The van der Waals surface area contributed by atoms with Gasteiger partial charge in [-0.05, 0) is 19.1 Å². The molecule has 0 aliphatic rings. The maximum absolute atomic E-state index is 13.8. The zero-order chi connectivity index (χ0) is 14.9. The van der Waals surface area contributed by atoms with Crippen molar-refractivity contribution in [2.24, 2.45) is 0 Å². The summed E-state index contributed by atoms with van der Waals surface area (Å²) < 4.78 is 39.9. The molecule has 1 heterocycles. The Hall–Kier alpha value is -1.44. The van der Waals surface area contributed by atoms with Crippen LogP contribution < -0.4 is 5.73 Å². The lowest BCUT2D eigenvalue weighted by Crippen LogP contribution is -2.29. The highest BCUT2D eigenvalue weighted by atomic mass is 32.2. The van der Waals surface area contributed by atoms with E-state index in [0.29, 0.717) is 11.3 Å². The van der Waals surface area contributed by atoms with Gasteiger partial charge in [0.05, 0.1) is 0 Å². The van der Waals surface area contributed by atoms with E-state index in [-0.39, 0.29) is 4.21 Å². The zero-order valence-electron chi connectivity index (χ0n) is 11.1. The number of sulfonamides is 1. The van der Waals surface area contributed by atoms with Crippen LogP contribution in [0.4, 0.5) is 10.1 Å². The van der Waals surface area contributed by atoms with Crippen molar-refractivity contribution in [3.8, 4) is 0 Å². The van der Waals surface area contributed by atoms with Crippen molar-refractivity contribution in [2.45, 2.75) is 17.2 Å². The summed E-state index contributed by atoms with van der Waals surface area (Å²) in [7, 11) is -2.24. The maximum Gasteiger partial charge on any atom is 0.252 e. The highest BCUT2D eigenvalue weighted by Gasteiger charge is 2.28. The second-order valence-electron chi connectivity index (χ2n) is 4.42. The first-order valence-electron chi connectivity index (χ1n) is 5.90. The van der Waals surface area contributed by atoms with Gasteiger partial charge in [-0.3, -0.25) is 0 Å². The smallest absolute Gasteiger partial charge is 0.252 e. The number of rotatable bonds is 4. The molecule has 0 spiro atoms. The van der Waals surface area contributed by atoms with Crippen LogP contribution in [0.3, 0.4) is 0 Å². The van der Waals surface area contributed by atoms with E-state index in [1.807, 2.05) is 0 Å². The van der Waals surface area contributed by atoms with Crippen LogP contribution in [0.5, 0.6) is 0 Å². The summed E-state index contributed by atoms with van der Waals surface area (Å²) in [6, 6.07) is 6.94. The van der Waals surface area contributed by atoms with Crippen LogP contribution in [-0.2, 0) is 10.0 Å². The van der Waals surface area contributed by atoms with Gasteiger partial charge in [0.25, 0.3) is 10.0 Å². The molecule has 0 amide bonds. The number of thiophene rings is 1. The molecule has 20 heavy (non-hydrogen) atoms. The average Bonchev–Trinajstić information content (AvgIpc) is 2.85. The van der Waals surface area contributed by atoms with Crippen LogP contribution in [0, 0.1) is 5.82 Å². The van der Waals surface area contributed by atoms with Crippen LogP contribution in [0.1, 0.15) is 18.5 Å². The molecule has 2 aromatic rings. The fraction of sp³-hybridized carbons (Fsp3) is 0.231. The van der Waals surface area contributed by atoms with Crippen LogP contribution in [-0.4, -0.2) is 19.8 Å². The lowest BCUT2D eigenvalue weighted by atomic mass is 10.1. The van der Waals surface area contributed by atoms with Gasteiger partial charge in [-0.1, -0.05) is 18.2 Å². The van der Waals surface area contributed by atoms with Gasteiger partial charge < -0.3 is 5.73 Å². The number of nitrogens with zero attached hydrogens (tertiary/aromatic N) is 1. The average molecular weight is 314 g/mol. The Kier molecular flexibility index (Phi) is 4.12. The largest absolute Gasteiger partial charge is 0.398 e. The summed E-state index contributed by atoms with van der Waals surface area (Å²) in [6.45, 7) is 1.65. The highest BCUT2D eigenvalue weighted by Crippen LogP contribution is 2.30. The van der Waals surface area contributed by atoms with E-state index in [1.54, 1.807) is 30.5 Å². The Morgan fingerprint density at radius 3 is 2.55 bits per heavy atom. The van der Waals surface area contributed by atoms with Crippen molar-refractivity contribution in [1.29, 1.82) is 0 Å². The molecule has 2 N–H and O–H groups in total. The predicted octanol–water partition coefficient (Wildman–Crippen LogP) is 2.85. The number of nitrogens with two attached hydrogens (primary N) is 1. The molecule has 0 bridgehead atoms. The third kappa shape index (κ3) is 2.70. The van der Waals surface area contributed by atoms with Crippen LogP contribution in [0.15, 0.2) is 39.9 Å². The van der Waals surface area contributed by atoms with Crippen molar-refractivity contribution in [3.05, 3.63) is 47.1 Å². The maximum atomic E-state index is 13.8. The van der Waals surface area contributed by atoms with Gasteiger partial charge in [-0.25, -0.2) is 12.8 Å². The molecule has 0 saturated carbocycles. The van der Waals surface area contributed by atoms with E-state index in [9.17, 15) is 12.8 Å². The quantitative estimate of drug-likeness (QED) is 0.944. The van der Waals surface area contributed by atoms with Gasteiger partial charge in [0.1, 0.15) is 10.0 Å². The van der Waals surface area contributed by atoms with Crippen molar-refractivity contribution in [3.63, 3.8) is 0 Å². The molecular weight excluding hydrogens is 299 g/mol. The van der Waals surface area contributed by atoms with Crippen molar-refractivity contribution in [2.75, 3.05) is 12.8 Å². The fourth-order valence-electron chi connectivity index (χ4n) is 1.83. The van der Waals surface area contributed by atoms with E-state index < -0.39 is 21.9 Å². The Morgan fingerprint density at radius 1 is 1.35 bits per heavy atom. The molecule has 1 unspecified atom stereocenters. The predicted molar refractivity (Wildman–Crippen MR) is 78.5 cm³/mol. The number of nitrogen functional groups attached to an aromatic ring is 1. The number of hydrogen-bond donors (Lipinski definition) is 1. The Balaban J connectivity index is 2.36. The van der Waals surface area contributed by atoms with E-state index in [2.05, 4.69) is 0 Å². The van der Waals surface area contributed by atoms with Crippen molar-refractivity contribution < 1.29 is 12.8 Å². The molecule has 108 valence electrons. The topological polar surface area (TPSA) is 63.4 Å². The standard InChI is InChI=1S/C13H15FN2O2S2/c1-9(11-5-3-4-6-12(11)14)16(2)20(17,18)13-7-10(15)8-19-13/h3-9H,15H2,1-2H3. The number of halogens is 1. The molecular formula is C13H15FN2O2S2. The summed E-state index contributed by atoms with van der Waals surface area (Å²) in [6.07, 6.45) is 0. The zero-order valence-corrected chi connectivity index (χ0v) is 12.7. The second-order valence-corrected chi connectivity index (χ2v) is 7.55. The molecule has 7 heteroatoms. The number of anilines is 1. The van der Waals surface area contributed by atoms with Crippen LogP contribution in [0.2, 0.25) is 0 Å².